The lowest BCUT2D eigenvalue weighted by Crippen LogP contribution is -2.12. The van der Waals surface area contributed by atoms with Crippen LogP contribution in [0.5, 0.6) is 0 Å². The molecule has 9 heavy (non-hydrogen) atoms. The Hall–Kier alpha value is -0.240. The highest BCUT2D eigenvalue weighted by atomic mass is 35.5. The monoisotopic (exact) mass is 150 g/mol. The van der Waals surface area contributed by atoms with Gasteiger partial charge in [0.05, 0.1) is 0 Å². The molecule has 0 aliphatic rings. The lowest BCUT2D eigenvalue weighted by molar-refractivity contribution is -0.136. The van der Waals surface area contributed by atoms with E-state index in [0.29, 0.717) is 6.42 Å². The van der Waals surface area contributed by atoms with Gasteiger partial charge >= 0.3 is 5.97 Å². The van der Waals surface area contributed by atoms with Crippen LogP contribution in [0, 0.1) is 0 Å². The first-order chi connectivity index (χ1) is 4.18. The minimum atomic E-state index is -0.912. The van der Waals surface area contributed by atoms with E-state index in [1.165, 1.54) is 0 Å². The molecule has 0 saturated heterocycles. The Labute approximate surface area is 59.8 Å². The summed E-state index contributed by atoms with van der Waals surface area (Å²) in [6.07, 6.45) is 2.46. The number of rotatable bonds is 4. The Balaban J connectivity index is 3.27. The zero-order valence-corrected chi connectivity index (χ0v) is 6.19. The van der Waals surface area contributed by atoms with Gasteiger partial charge in [-0.05, 0) is 6.42 Å². The molecule has 0 amide bonds. The summed E-state index contributed by atoms with van der Waals surface area (Å²) in [5.74, 6) is -0.912. The fourth-order valence-corrected chi connectivity index (χ4v) is 0.661. The third-order valence-corrected chi connectivity index (χ3v) is 1.48. The molecule has 54 valence electrons. The Morgan fingerprint density at radius 1 is 1.78 bits per heavy atom. The fourth-order valence-electron chi connectivity index (χ4n) is 0.507. The number of hydrogen-bond acceptors (Lipinski definition) is 1. The van der Waals surface area contributed by atoms with Gasteiger partial charge in [-0.1, -0.05) is 19.8 Å². The molecule has 0 spiro atoms. The Kier molecular flexibility index (Phi) is 4.50. The van der Waals surface area contributed by atoms with E-state index >= 15 is 0 Å². The third kappa shape index (κ3) is 4.28. The predicted octanol–water partition coefficient (Wildman–Crippen LogP) is 1.87. The lowest BCUT2D eigenvalue weighted by atomic mass is 10.2. The number of carbonyl (C=O) groups is 1. The zero-order valence-electron chi connectivity index (χ0n) is 5.43. The van der Waals surface area contributed by atoms with E-state index in [1.54, 1.807) is 0 Å². The van der Waals surface area contributed by atoms with Crippen LogP contribution in [0.3, 0.4) is 0 Å². The van der Waals surface area contributed by atoms with Gasteiger partial charge in [-0.3, -0.25) is 4.79 Å². The molecular weight excluding hydrogens is 140 g/mol. The van der Waals surface area contributed by atoms with E-state index in [0.717, 1.165) is 12.8 Å². The summed E-state index contributed by atoms with van der Waals surface area (Å²) in [6.45, 7) is 2.01. The summed E-state index contributed by atoms with van der Waals surface area (Å²) in [5.41, 5.74) is 0. The second-order valence-corrected chi connectivity index (χ2v) is 2.47. The van der Waals surface area contributed by atoms with Gasteiger partial charge in [-0.15, -0.1) is 11.6 Å². The number of carboxylic acids is 1. The van der Waals surface area contributed by atoms with Crippen LogP contribution in [0.2, 0.25) is 0 Å². The second kappa shape index (κ2) is 4.62. The van der Waals surface area contributed by atoms with Crippen molar-refractivity contribution in [3.63, 3.8) is 0 Å². The number of halogens is 1. The number of unbranched alkanes of at least 4 members (excludes halogenated alkanes) is 1. The first kappa shape index (κ1) is 8.76. The highest BCUT2D eigenvalue weighted by Gasteiger charge is 2.11. The van der Waals surface area contributed by atoms with Crippen molar-refractivity contribution in [1.82, 2.24) is 0 Å². The maximum atomic E-state index is 10.1. The van der Waals surface area contributed by atoms with Crippen molar-refractivity contribution < 1.29 is 9.90 Å². The summed E-state index contributed by atoms with van der Waals surface area (Å²) in [5, 5.41) is 7.59. The zero-order chi connectivity index (χ0) is 7.28. The van der Waals surface area contributed by atoms with Crippen LogP contribution in [-0.4, -0.2) is 16.5 Å². The van der Waals surface area contributed by atoms with Crippen LogP contribution < -0.4 is 0 Å². The molecule has 0 rings (SSSR count). The van der Waals surface area contributed by atoms with Crippen molar-refractivity contribution in [2.24, 2.45) is 0 Å². The maximum Gasteiger partial charge on any atom is 0.321 e. The highest BCUT2D eigenvalue weighted by Crippen LogP contribution is 2.06. The molecule has 0 aromatic rings. The first-order valence-electron chi connectivity index (χ1n) is 3.05. The summed E-state index contributed by atoms with van der Waals surface area (Å²) in [4.78, 5) is 10.1. The van der Waals surface area contributed by atoms with E-state index in [1.807, 2.05) is 6.92 Å². The van der Waals surface area contributed by atoms with E-state index < -0.39 is 11.3 Å². The molecule has 0 heterocycles. The van der Waals surface area contributed by atoms with Crippen LogP contribution in [-0.2, 0) is 4.79 Å². The van der Waals surface area contributed by atoms with Gasteiger partial charge < -0.3 is 5.11 Å². The lowest BCUT2D eigenvalue weighted by Gasteiger charge is -1.99. The third-order valence-electron chi connectivity index (χ3n) is 1.08. The minimum absolute atomic E-state index is 0.577. The van der Waals surface area contributed by atoms with Gasteiger partial charge in [0.25, 0.3) is 0 Å². The molecule has 0 saturated carbocycles. The van der Waals surface area contributed by atoms with Crippen molar-refractivity contribution in [1.29, 1.82) is 0 Å². The molecule has 1 atom stereocenters. The Bertz CT molecular complexity index is 93.1. The van der Waals surface area contributed by atoms with Gasteiger partial charge in [-0.2, -0.15) is 0 Å². The number of hydrogen-bond donors (Lipinski definition) is 1. The summed E-state index contributed by atoms with van der Waals surface area (Å²) < 4.78 is 0. The SMILES string of the molecule is CCCCC(Cl)C(=O)O. The van der Waals surface area contributed by atoms with Crippen molar-refractivity contribution in [2.75, 3.05) is 0 Å². The first-order valence-corrected chi connectivity index (χ1v) is 3.49. The number of aliphatic carboxylic acids is 1. The summed E-state index contributed by atoms with van der Waals surface area (Å²) >= 11 is 5.39. The molecule has 2 nitrogen and oxygen atoms in total. The van der Waals surface area contributed by atoms with E-state index in [2.05, 4.69) is 0 Å². The van der Waals surface area contributed by atoms with Gasteiger partial charge in [0.15, 0.2) is 0 Å². The molecule has 0 aliphatic heterocycles. The molecule has 3 heteroatoms. The topological polar surface area (TPSA) is 37.3 Å². The van der Waals surface area contributed by atoms with E-state index in [-0.39, 0.29) is 0 Å². The quantitative estimate of drug-likeness (QED) is 0.622. The van der Waals surface area contributed by atoms with Gasteiger partial charge in [-0.25, -0.2) is 0 Å². The molecular formula is C6H11ClO2. The fraction of sp³-hybridized carbons (Fsp3) is 0.833. The van der Waals surface area contributed by atoms with Crippen LogP contribution >= 0.6 is 11.6 Å². The Morgan fingerprint density at radius 2 is 2.33 bits per heavy atom. The number of carboxylic acid groups (broad SMARTS) is 1. The van der Waals surface area contributed by atoms with Crippen LogP contribution in [0.15, 0.2) is 0 Å². The standard InChI is InChI=1S/C6H11ClO2/c1-2-3-4-5(7)6(8)9/h5H,2-4H2,1H3,(H,8,9). The van der Waals surface area contributed by atoms with E-state index in [4.69, 9.17) is 16.7 Å². The summed E-state index contributed by atoms with van der Waals surface area (Å²) in [7, 11) is 0. The molecule has 0 aromatic carbocycles. The predicted molar refractivity (Wildman–Crippen MR) is 36.8 cm³/mol. The molecule has 0 bridgehead atoms. The van der Waals surface area contributed by atoms with Gasteiger partial charge in [0.2, 0.25) is 0 Å². The molecule has 0 aliphatic carbocycles. The van der Waals surface area contributed by atoms with E-state index in [9.17, 15) is 4.79 Å². The molecule has 0 fully saturated rings. The highest BCUT2D eigenvalue weighted by molar-refractivity contribution is 6.29. The maximum absolute atomic E-state index is 10.1. The van der Waals surface area contributed by atoms with Gasteiger partial charge in [0.1, 0.15) is 5.38 Å². The molecule has 1 unspecified atom stereocenters. The normalized spacial score (nSPS) is 13.1. The minimum Gasteiger partial charge on any atom is -0.480 e. The van der Waals surface area contributed by atoms with Gasteiger partial charge in [0, 0.05) is 0 Å². The average molecular weight is 151 g/mol. The van der Waals surface area contributed by atoms with Crippen LogP contribution in [0.25, 0.3) is 0 Å². The van der Waals surface area contributed by atoms with Crippen molar-refractivity contribution >= 4 is 17.6 Å². The molecule has 1 N–H and O–H groups in total. The second-order valence-electron chi connectivity index (χ2n) is 1.95. The van der Waals surface area contributed by atoms with Crippen molar-refractivity contribution in [3.8, 4) is 0 Å². The van der Waals surface area contributed by atoms with Crippen molar-refractivity contribution in [2.45, 2.75) is 31.6 Å². The van der Waals surface area contributed by atoms with Crippen molar-refractivity contribution in [3.05, 3.63) is 0 Å². The van der Waals surface area contributed by atoms with Crippen LogP contribution in [0.1, 0.15) is 26.2 Å². The Morgan fingerprint density at radius 3 is 2.67 bits per heavy atom. The average Bonchev–Trinajstić information content (AvgIpc) is 1.82. The van der Waals surface area contributed by atoms with Crippen LogP contribution in [0.4, 0.5) is 0 Å². The molecule has 0 radical (unpaired) electrons. The smallest absolute Gasteiger partial charge is 0.321 e. The molecule has 0 aromatic heterocycles. The summed E-state index contributed by atoms with van der Waals surface area (Å²) in [6, 6.07) is 0. The largest absolute Gasteiger partial charge is 0.480 e. The number of alkyl halides is 1.